The first kappa shape index (κ1) is 23.7. The Hall–Kier alpha value is -2.94. The summed E-state index contributed by atoms with van der Waals surface area (Å²) >= 11 is 1.29. The standard InChI is InChI=1S/C23H23F3N2O3S/c1-22(2,3)31-21(29)28-17(10-11-18(28)16-7-6-8-20(27-16)30-4)15-13-14(23(24,25)26)9-12-19(15)32-5/h6-13H,1-5H3. The van der Waals surface area contributed by atoms with E-state index in [0.717, 1.165) is 12.1 Å². The molecule has 0 bridgehead atoms. The van der Waals surface area contributed by atoms with Gasteiger partial charge in [-0.2, -0.15) is 13.2 Å². The smallest absolute Gasteiger partial charge is 0.419 e. The summed E-state index contributed by atoms with van der Waals surface area (Å²) in [5, 5.41) is 0. The molecule has 9 heteroatoms. The van der Waals surface area contributed by atoms with Gasteiger partial charge in [0, 0.05) is 16.5 Å². The highest BCUT2D eigenvalue weighted by molar-refractivity contribution is 7.98. The summed E-state index contributed by atoms with van der Waals surface area (Å²) in [6, 6.07) is 11.8. The lowest BCUT2D eigenvalue weighted by Crippen LogP contribution is -2.28. The summed E-state index contributed by atoms with van der Waals surface area (Å²) in [4.78, 5) is 18.2. The van der Waals surface area contributed by atoms with Crippen molar-refractivity contribution in [3.63, 3.8) is 0 Å². The predicted molar refractivity (Wildman–Crippen MR) is 118 cm³/mol. The van der Waals surface area contributed by atoms with Crippen LogP contribution in [0.2, 0.25) is 0 Å². The van der Waals surface area contributed by atoms with Crippen LogP contribution in [0.15, 0.2) is 53.4 Å². The maximum absolute atomic E-state index is 13.4. The van der Waals surface area contributed by atoms with Gasteiger partial charge in [-0.25, -0.2) is 14.3 Å². The number of benzene rings is 1. The molecule has 170 valence electrons. The van der Waals surface area contributed by atoms with Gasteiger partial charge < -0.3 is 9.47 Å². The Morgan fingerprint density at radius 3 is 2.31 bits per heavy atom. The molecule has 0 saturated heterocycles. The highest BCUT2D eigenvalue weighted by Gasteiger charge is 2.32. The van der Waals surface area contributed by atoms with Gasteiger partial charge in [-0.15, -0.1) is 11.8 Å². The molecule has 0 aliphatic carbocycles. The van der Waals surface area contributed by atoms with Crippen LogP contribution in [0.4, 0.5) is 18.0 Å². The highest BCUT2D eigenvalue weighted by atomic mass is 32.2. The van der Waals surface area contributed by atoms with E-state index in [4.69, 9.17) is 9.47 Å². The molecule has 32 heavy (non-hydrogen) atoms. The van der Waals surface area contributed by atoms with Crippen LogP contribution in [0.5, 0.6) is 5.88 Å². The molecule has 3 aromatic rings. The Morgan fingerprint density at radius 2 is 1.72 bits per heavy atom. The van der Waals surface area contributed by atoms with Gasteiger partial charge in [-0.05, 0) is 63.4 Å². The van der Waals surface area contributed by atoms with Crippen molar-refractivity contribution in [2.24, 2.45) is 0 Å². The molecule has 0 fully saturated rings. The Morgan fingerprint density at radius 1 is 1.03 bits per heavy atom. The van der Waals surface area contributed by atoms with Crippen molar-refractivity contribution in [1.82, 2.24) is 9.55 Å². The molecule has 0 saturated carbocycles. The monoisotopic (exact) mass is 464 g/mol. The molecule has 2 aromatic heterocycles. The highest BCUT2D eigenvalue weighted by Crippen LogP contribution is 2.39. The van der Waals surface area contributed by atoms with E-state index in [1.807, 2.05) is 0 Å². The lowest BCUT2D eigenvalue weighted by molar-refractivity contribution is -0.137. The van der Waals surface area contributed by atoms with Crippen molar-refractivity contribution < 1.29 is 27.4 Å². The summed E-state index contributed by atoms with van der Waals surface area (Å²) in [6.07, 6.45) is -3.48. The van der Waals surface area contributed by atoms with E-state index >= 15 is 0 Å². The first-order chi connectivity index (χ1) is 14.9. The second-order valence-electron chi connectivity index (χ2n) is 7.90. The summed E-state index contributed by atoms with van der Waals surface area (Å²) in [5.74, 6) is 0.338. The maximum Gasteiger partial charge on any atom is 0.419 e. The Balaban J connectivity index is 2.27. The van der Waals surface area contributed by atoms with Crippen LogP contribution in [0, 0.1) is 0 Å². The molecule has 3 rings (SSSR count). The number of methoxy groups -OCH3 is 1. The molecule has 0 aliphatic rings. The van der Waals surface area contributed by atoms with Gasteiger partial charge in [-0.1, -0.05) is 6.07 Å². The molecule has 0 radical (unpaired) electrons. The quantitative estimate of drug-likeness (QED) is 0.400. The predicted octanol–water partition coefficient (Wildman–Crippen LogP) is 6.75. The molecule has 0 aliphatic heterocycles. The molecule has 0 N–H and O–H groups in total. The van der Waals surface area contributed by atoms with Gasteiger partial charge in [0.1, 0.15) is 5.60 Å². The first-order valence-electron chi connectivity index (χ1n) is 9.66. The average molecular weight is 465 g/mol. The fourth-order valence-corrected chi connectivity index (χ4v) is 3.69. The van der Waals surface area contributed by atoms with Crippen LogP contribution in [0.3, 0.4) is 0 Å². The number of ether oxygens (including phenoxy) is 2. The van der Waals surface area contributed by atoms with E-state index in [1.165, 1.54) is 29.5 Å². The third-order valence-corrected chi connectivity index (χ3v) is 5.25. The fraction of sp³-hybridized carbons (Fsp3) is 0.304. The zero-order chi connectivity index (χ0) is 23.7. The summed E-state index contributed by atoms with van der Waals surface area (Å²) in [5.41, 5.74) is -0.282. The average Bonchev–Trinajstić information content (AvgIpc) is 3.16. The minimum atomic E-state index is -4.52. The molecule has 0 unspecified atom stereocenters. The van der Waals surface area contributed by atoms with E-state index in [9.17, 15) is 18.0 Å². The number of pyridine rings is 1. The van der Waals surface area contributed by atoms with Gasteiger partial charge in [0.15, 0.2) is 0 Å². The maximum atomic E-state index is 13.4. The van der Waals surface area contributed by atoms with Crippen LogP contribution < -0.4 is 4.74 Å². The molecule has 1 aromatic carbocycles. The minimum Gasteiger partial charge on any atom is -0.481 e. The van der Waals surface area contributed by atoms with Gasteiger partial charge in [0.05, 0.1) is 29.8 Å². The van der Waals surface area contributed by atoms with Crippen molar-refractivity contribution >= 4 is 17.9 Å². The Bertz CT molecular complexity index is 1130. The zero-order valence-electron chi connectivity index (χ0n) is 18.3. The van der Waals surface area contributed by atoms with E-state index < -0.39 is 23.4 Å². The molecular weight excluding hydrogens is 441 g/mol. The zero-order valence-corrected chi connectivity index (χ0v) is 19.1. The van der Waals surface area contributed by atoms with Gasteiger partial charge in [0.25, 0.3) is 0 Å². The number of alkyl halides is 3. The van der Waals surface area contributed by atoms with Crippen LogP contribution in [-0.4, -0.2) is 34.6 Å². The normalized spacial score (nSPS) is 12.0. The van der Waals surface area contributed by atoms with E-state index in [0.29, 0.717) is 22.2 Å². The summed E-state index contributed by atoms with van der Waals surface area (Å²) in [7, 11) is 1.47. The first-order valence-corrected chi connectivity index (χ1v) is 10.9. The number of nitrogens with zero attached hydrogens (tertiary/aromatic N) is 2. The SMILES string of the molecule is COc1cccc(-c2ccc(-c3cc(C(F)(F)F)ccc3SC)n2C(=O)OC(C)(C)C)n1. The number of thioether (sulfide) groups is 1. The van der Waals surface area contributed by atoms with Gasteiger partial charge >= 0.3 is 12.3 Å². The van der Waals surface area contributed by atoms with Crippen molar-refractivity contribution in [3.05, 3.63) is 54.1 Å². The number of rotatable bonds is 4. The van der Waals surface area contributed by atoms with Crippen molar-refractivity contribution in [3.8, 4) is 28.5 Å². The largest absolute Gasteiger partial charge is 0.481 e. The van der Waals surface area contributed by atoms with E-state index in [-0.39, 0.29) is 11.3 Å². The third-order valence-electron chi connectivity index (χ3n) is 4.45. The lowest BCUT2D eigenvalue weighted by atomic mass is 10.1. The third kappa shape index (κ3) is 5.09. The van der Waals surface area contributed by atoms with Crippen LogP contribution >= 0.6 is 11.8 Å². The molecule has 5 nitrogen and oxygen atoms in total. The second-order valence-corrected chi connectivity index (χ2v) is 8.75. The molecule has 2 heterocycles. The molecule has 0 spiro atoms. The number of carbonyl (C=O) groups excluding carboxylic acids is 1. The van der Waals surface area contributed by atoms with E-state index in [2.05, 4.69) is 4.98 Å². The minimum absolute atomic E-state index is 0.271. The van der Waals surface area contributed by atoms with Gasteiger partial charge in [0.2, 0.25) is 5.88 Å². The fourth-order valence-electron chi connectivity index (χ4n) is 3.11. The number of hydrogen-bond acceptors (Lipinski definition) is 5. The van der Waals surface area contributed by atoms with Gasteiger partial charge in [-0.3, -0.25) is 0 Å². The Labute approximate surface area is 188 Å². The number of carbonyl (C=O) groups is 1. The summed E-state index contributed by atoms with van der Waals surface area (Å²) in [6.45, 7) is 5.15. The second kappa shape index (κ2) is 8.90. The molecular formula is C23H23F3N2O3S. The Kier molecular flexibility index (Phi) is 6.59. The molecule has 0 amide bonds. The lowest BCUT2D eigenvalue weighted by Gasteiger charge is -2.22. The number of aromatic nitrogens is 2. The number of halogens is 3. The summed E-state index contributed by atoms with van der Waals surface area (Å²) < 4.78 is 52.3. The molecule has 0 atom stereocenters. The van der Waals surface area contributed by atoms with Crippen molar-refractivity contribution in [1.29, 1.82) is 0 Å². The van der Waals surface area contributed by atoms with E-state index in [1.54, 1.807) is 57.4 Å². The van der Waals surface area contributed by atoms with Crippen LogP contribution in [-0.2, 0) is 10.9 Å². The number of hydrogen-bond donors (Lipinski definition) is 0. The van der Waals surface area contributed by atoms with Crippen LogP contribution in [0.1, 0.15) is 26.3 Å². The van der Waals surface area contributed by atoms with Crippen LogP contribution in [0.25, 0.3) is 22.6 Å². The van der Waals surface area contributed by atoms with Crippen molar-refractivity contribution in [2.75, 3.05) is 13.4 Å². The van der Waals surface area contributed by atoms with Crippen molar-refractivity contribution in [2.45, 2.75) is 37.4 Å². The topological polar surface area (TPSA) is 53.4 Å².